The molecule has 3 nitrogen and oxygen atoms in total. The second kappa shape index (κ2) is 3.99. The first-order chi connectivity index (χ1) is 6.02. The minimum absolute atomic E-state index is 0.160. The molecule has 0 aromatic heterocycles. The highest BCUT2D eigenvalue weighted by Gasteiger charge is 2.30. The lowest BCUT2D eigenvalue weighted by Gasteiger charge is -2.29. The summed E-state index contributed by atoms with van der Waals surface area (Å²) in [6.45, 7) is 8.03. The number of carbonyl (C=O) groups excluding carboxylic acids is 1. The van der Waals surface area contributed by atoms with Crippen LogP contribution in [0.4, 0.5) is 4.79 Å². The van der Waals surface area contributed by atoms with Crippen LogP contribution in [0.3, 0.4) is 0 Å². The zero-order chi connectivity index (χ0) is 10.0. The summed E-state index contributed by atoms with van der Waals surface area (Å²) in [5, 5.41) is 0. The van der Waals surface area contributed by atoms with Crippen molar-refractivity contribution in [3.63, 3.8) is 0 Å². The third-order valence-corrected chi connectivity index (χ3v) is 2.12. The fraction of sp³-hybridized carbons (Fsp3) is 0.900. The molecule has 0 aromatic rings. The molecule has 1 aliphatic rings. The van der Waals surface area contributed by atoms with Gasteiger partial charge in [0.1, 0.15) is 6.10 Å². The van der Waals surface area contributed by atoms with Crippen LogP contribution < -0.4 is 0 Å². The van der Waals surface area contributed by atoms with Crippen molar-refractivity contribution in [3.8, 4) is 0 Å². The Morgan fingerprint density at radius 2 is 1.69 bits per heavy atom. The molecular formula is C10H19NO2. The van der Waals surface area contributed by atoms with Crippen molar-refractivity contribution >= 4 is 6.09 Å². The summed E-state index contributed by atoms with van der Waals surface area (Å²) in [5.74, 6) is 0. The van der Waals surface area contributed by atoms with Crippen LogP contribution in [0.15, 0.2) is 0 Å². The Morgan fingerprint density at radius 3 is 2.00 bits per heavy atom. The molecule has 13 heavy (non-hydrogen) atoms. The molecule has 1 amide bonds. The third kappa shape index (κ3) is 2.90. The lowest BCUT2D eigenvalue weighted by atomic mass is 10.2. The molecule has 0 aliphatic heterocycles. The predicted molar refractivity (Wildman–Crippen MR) is 51.6 cm³/mol. The molecule has 0 N–H and O–H groups in total. The minimum atomic E-state index is -0.160. The molecule has 0 bridgehead atoms. The monoisotopic (exact) mass is 185 g/mol. The van der Waals surface area contributed by atoms with E-state index in [1.165, 1.54) is 0 Å². The molecule has 0 saturated heterocycles. The average molecular weight is 185 g/mol. The molecule has 0 heterocycles. The van der Waals surface area contributed by atoms with Crippen molar-refractivity contribution in [1.82, 2.24) is 4.90 Å². The molecule has 0 atom stereocenters. The second-order valence-corrected chi connectivity index (χ2v) is 4.18. The Kier molecular flexibility index (Phi) is 3.17. The maximum Gasteiger partial charge on any atom is 0.410 e. The maximum absolute atomic E-state index is 11.6. The molecule has 0 aromatic carbocycles. The molecule has 0 spiro atoms. The van der Waals surface area contributed by atoms with Gasteiger partial charge in [-0.2, -0.15) is 0 Å². The van der Waals surface area contributed by atoms with E-state index in [-0.39, 0.29) is 24.3 Å². The molecule has 0 radical (unpaired) electrons. The van der Waals surface area contributed by atoms with E-state index in [0.717, 1.165) is 12.8 Å². The SMILES string of the molecule is CC(C)N(C(=O)OC1CC1)C(C)C. The third-order valence-electron chi connectivity index (χ3n) is 2.12. The van der Waals surface area contributed by atoms with Gasteiger partial charge in [-0.15, -0.1) is 0 Å². The van der Waals surface area contributed by atoms with Gasteiger partial charge in [0.25, 0.3) is 0 Å². The lowest BCUT2D eigenvalue weighted by Crippen LogP contribution is -2.42. The van der Waals surface area contributed by atoms with Gasteiger partial charge in [0.2, 0.25) is 0 Å². The van der Waals surface area contributed by atoms with E-state index in [0.29, 0.717) is 0 Å². The first-order valence-corrected chi connectivity index (χ1v) is 5.01. The van der Waals surface area contributed by atoms with Crippen LogP contribution in [-0.2, 0) is 4.74 Å². The summed E-state index contributed by atoms with van der Waals surface area (Å²) >= 11 is 0. The number of hydrogen-bond acceptors (Lipinski definition) is 2. The lowest BCUT2D eigenvalue weighted by molar-refractivity contribution is 0.0736. The maximum atomic E-state index is 11.6. The standard InChI is InChI=1S/C10H19NO2/c1-7(2)11(8(3)4)10(12)13-9-5-6-9/h7-9H,5-6H2,1-4H3. The van der Waals surface area contributed by atoms with E-state index in [9.17, 15) is 4.79 Å². The minimum Gasteiger partial charge on any atom is -0.446 e. The Bertz CT molecular complexity index is 177. The van der Waals surface area contributed by atoms with Gasteiger partial charge in [-0.05, 0) is 40.5 Å². The van der Waals surface area contributed by atoms with Crippen molar-refractivity contribution in [2.45, 2.75) is 58.7 Å². The Morgan fingerprint density at radius 1 is 1.23 bits per heavy atom. The summed E-state index contributed by atoms with van der Waals surface area (Å²) in [4.78, 5) is 13.4. The van der Waals surface area contributed by atoms with Gasteiger partial charge in [-0.1, -0.05) is 0 Å². The van der Waals surface area contributed by atoms with E-state index in [2.05, 4.69) is 0 Å². The Labute approximate surface area is 80.1 Å². The molecule has 76 valence electrons. The number of amides is 1. The van der Waals surface area contributed by atoms with Crippen molar-refractivity contribution < 1.29 is 9.53 Å². The van der Waals surface area contributed by atoms with Gasteiger partial charge in [-0.3, -0.25) is 0 Å². The number of rotatable bonds is 3. The van der Waals surface area contributed by atoms with Crippen LogP contribution in [0.5, 0.6) is 0 Å². The Balaban J connectivity index is 2.46. The number of hydrogen-bond donors (Lipinski definition) is 0. The van der Waals surface area contributed by atoms with E-state index in [1.54, 1.807) is 4.90 Å². The van der Waals surface area contributed by atoms with E-state index in [4.69, 9.17) is 4.74 Å². The summed E-state index contributed by atoms with van der Waals surface area (Å²) in [6, 6.07) is 0.428. The smallest absolute Gasteiger partial charge is 0.410 e. The van der Waals surface area contributed by atoms with Gasteiger partial charge in [0, 0.05) is 12.1 Å². The molecule has 0 unspecified atom stereocenters. The summed E-state index contributed by atoms with van der Waals surface area (Å²) in [6.07, 6.45) is 2.12. The fourth-order valence-electron chi connectivity index (χ4n) is 1.41. The molecule has 1 saturated carbocycles. The highest BCUT2D eigenvalue weighted by atomic mass is 16.6. The Hall–Kier alpha value is -0.730. The summed E-state index contributed by atoms with van der Waals surface area (Å²) in [5.41, 5.74) is 0. The number of nitrogens with zero attached hydrogens (tertiary/aromatic N) is 1. The fourth-order valence-corrected chi connectivity index (χ4v) is 1.41. The quantitative estimate of drug-likeness (QED) is 0.675. The zero-order valence-electron chi connectivity index (χ0n) is 8.91. The topological polar surface area (TPSA) is 29.5 Å². The van der Waals surface area contributed by atoms with Gasteiger partial charge < -0.3 is 9.64 Å². The molecule has 1 rings (SSSR count). The van der Waals surface area contributed by atoms with Gasteiger partial charge in [0.05, 0.1) is 0 Å². The molecule has 1 fully saturated rings. The predicted octanol–water partition coefficient (Wildman–Crippen LogP) is 2.40. The van der Waals surface area contributed by atoms with Crippen LogP contribution >= 0.6 is 0 Å². The molecule has 1 aliphatic carbocycles. The van der Waals surface area contributed by atoms with Crippen molar-refractivity contribution in [2.75, 3.05) is 0 Å². The zero-order valence-corrected chi connectivity index (χ0v) is 8.91. The highest BCUT2D eigenvalue weighted by Crippen LogP contribution is 2.25. The summed E-state index contributed by atoms with van der Waals surface area (Å²) in [7, 11) is 0. The largest absolute Gasteiger partial charge is 0.446 e. The van der Waals surface area contributed by atoms with Crippen LogP contribution in [-0.4, -0.2) is 29.2 Å². The van der Waals surface area contributed by atoms with Gasteiger partial charge in [-0.25, -0.2) is 4.79 Å². The average Bonchev–Trinajstić information content (AvgIpc) is 2.68. The second-order valence-electron chi connectivity index (χ2n) is 4.18. The van der Waals surface area contributed by atoms with Crippen molar-refractivity contribution in [1.29, 1.82) is 0 Å². The van der Waals surface area contributed by atoms with Crippen molar-refractivity contribution in [3.05, 3.63) is 0 Å². The van der Waals surface area contributed by atoms with Crippen molar-refractivity contribution in [2.24, 2.45) is 0 Å². The van der Waals surface area contributed by atoms with Crippen LogP contribution in [0.1, 0.15) is 40.5 Å². The summed E-state index contributed by atoms with van der Waals surface area (Å²) < 4.78 is 5.23. The van der Waals surface area contributed by atoms with Gasteiger partial charge >= 0.3 is 6.09 Å². The molecular weight excluding hydrogens is 166 g/mol. The van der Waals surface area contributed by atoms with Crippen LogP contribution in [0.25, 0.3) is 0 Å². The highest BCUT2D eigenvalue weighted by molar-refractivity contribution is 5.68. The van der Waals surface area contributed by atoms with E-state index >= 15 is 0 Å². The first-order valence-electron chi connectivity index (χ1n) is 5.01. The van der Waals surface area contributed by atoms with Crippen LogP contribution in [0, 0.1) is 0 Å². The van der Waals surface area contributed by atoms with E-state index < -0.39 is 0 Å². The van der Waals surface area contributed by atoms with Crippen LogP contribution in [0.2, 0.25) is 0 Å². The molecule has 3 heteroatoms. The van der Waals surface area contributed by atoms with E-state index in [1.807, 2.05) is 27.7 Å². The number of ether oxygens (including phenoxy) is 1. The van der Waals surface area contributed by atoms with Gasteiger partial charge in [0.15, 0.2) is 0 Å². The first kappa shape index (κ1) is 10.4. The number of carbonyl (C=O) groups is 1. The normalized spacial score (nSPS) is 16.5.